The first kappa shape index (κ1) is 20.7. The molecule has 0 radical (unpaired) electrons. The van der Waals surface area contributed by atoms with Gasteiger partial charge >= 0.3 is 0 Å². The maximum atomic E-state index is 13.5. The standard InChI is InChI=1S/C25H26N2O2.ClH/c1-29-24-12-5-4-10-20(24)23-16-26-13-14-27(23)25(28)22-15-21(22)19-11-6-8-17-7-2-3-9-18(17)19;/h2-12,21-23,26H,13-16H2,1H3;1H. The second kappa shape index (κ2) is 8.66. The van der Waals surface area contributed by atoms with E-state index in [9.17, 15) is 4.79 Å². The van der Waals surface area contributed by atoms with Gasteiger partial charge in [0.05, 0.1) is 13.2 Å². The first-order valence-corrected chi connectivity index (χ1v) is 10.4. The number of methoxy groups -OCH3 is 1. The van der Waals surface area contributed by atoms with Crippen molar-refractivity contribution in [2.45, 2.75) is 18.4 Å². The number of carbonyl (C=O) groups is 1. The van der Waals surface area contributed by atoms with Gasteiger partial charge in [-0.25, -0.2) is 0 Å². The average Bonchev–Trinajstić information content (AvgIpc) is 3.59. The largest absolute Gasteiger partial charge is 0.496 e. The number of para-hydroxylation sites is 1. The normalized spacial score (nSPS) is 23.0. The van der Waals surface area contributed by atoms with Crippen LogP contribution in [0.25, 0.3) is 10.8 Å². The predicted octanol–water partition coefficient (Wildman–Crippen LogP) is 4.55. The van der Waals surface area contributed by atoms with Crippen LogP contribution in [0, 0.1) is 5.92 Å². The van der Waals surface area contributed by atoms with Crippen molar-refractivity contribution in [3.8, 4) is 5.75 Å². The van der Waals surface area contributed by atoms with Gasteiger partial charge in [0.15, 0.2) is 0 Å². The fraction of sp³-hybridized carbons (Fsp3) is 0.320. The van der Waals surface area contributed by atoms with Crippen LogP contribution in [0.15, 0.2) is 66.7 Å². The minimum Gasteiger partial charge on any atom is -0.496 e. The number of halogens is 1. The third kappa shape index (κ3) is 3.66. The Kier molecular flexibility index (Phi) is 5.98. The van der Waals surface area contributed by atoms with Gasteiger partial charge in [-0.15, -0.1) is 12.4 Å². The molecule has 1 aliphatic carbocycles. The Labute approximate surface area is 183 Å². The van der Waals surface area contributed by atoms with E-state index >= 15 is 0 Å². The van der Waals surface area contributed by atoms with Gasteiger partial charge in [-0.3, -0.25) is 4.79 Å². The summed E-state index contributed by atoms with van der Waals surface area (Å²) >= 11 is 0. The first-order valence-electron chi connectivity index (χ1n) is 10.4. The minimum absolute atomic E-state index is 0. The van der Waals surface area contributed by atoms with Crippen molar-refractivity contribution >= 4 is 29.1 Å². The van der Waals surface area contributed by atoms with E-state index < -0.39 is 0 Å². The highest BCUT2D eigenvalue weighted by Crippen LogP contribution is 2.51. The van der Waals surface area contributed by atoms with Crippen molar-refractivity contribution in [1.29, 1.82) is 0 Å². The van der Waals surface area contributed by atoms with E-state index in [0.29, 0.717) is 5.92 Å². The van der Waals surface area contributed by atoms with Gasteiger partial charge in [-0.1, -0.05) is 60.7 Å². The second-order valence-electron chi connectivity index (χ2n) is 8.01. The van der Waals surface area contributed by atoms with Crippen LogP contribution in [-0.4, -0.2) is 37.6 Å². The summed E-state index contributed by atoms with van der Waals surface area (Å²) in [5.41, 5.74) is 2.39. The molecular weight excluding hydrogens is 396 g/mol. The quantitative estimate of drug-likeness (QED) is 0.670. The predicted molar refractivity (Wildman–Crippen MR) is 122 cm³/mol. The van der Waals surface area contributed by atoms with Crippen molar-refractivity contribution in [1.82, 2.24) is 10.2 Å². The van der Waals surface area contributed by atoms with Gasteiger partial charge in [-0.2, -0.15) is 0 Å². The van der Waals surface area contributed by atoms with E-state index in [1.165, 1.54) is 16.3 Å². The van der Waals surface area contributed by atoms with Crippen LogP contribution in [0.2, 0.25) is 0 Å². The van der Waals surface area contributed by atoms with Crippen molar-refractivity contribution in [2.75, 3.05) is 26.7 Å². The number of rotatable bonds is 4. The summed E-state index contributed by atoms with van der Waals surface area (Å²) in [7, 11) is 1.69. The lowest BCUT2D eigenvalue weighted by Crippen LogP contribution is -2.49. The highest BCUT2D eigenvalue weighted by molar-refractivity contribution is 5.90. The summed E-state index contributed by atoms with van der Waals surface area (Å²) in [5, 5.41) is 5.97. The molecule has 3 aromatic rings. The third-order valence-corrected chi connectivity index (χ3v) is 6.35. The maximum absolute atomic E-state index is 13.5. The number of carbonyl (C=O) groups excluding carboxylic acids is 1. The van der Waals surface area contributed by atoms with Crippen LogP contribution in [0.4, 0.5) is 0 Å². The average molecular weight is 423 g/mol. The van der Waals surface area contributed by atoms with E-state index in [-0.39, 0.29) is 30.3 Å². The van der Waals surface area contributed by atoms with Crippen LogP contribution in [0.1, 0.15) is 29.5 Å². The Morgan fingerprint density at radius 3 is 2.60 bits per heavy atom. The Balaban J connectivity index is 0.00000218. The number of piperazine rings is 1. The monoisotopic (exact) mass is 422 g/mol. The molecule has 1 amide bonds. The number of amides is 1. The number of benzene rings is 3. The minimum atomic E-state index is 0. The van der Waals surface area contributed by atoms with E-state index in [2.05, 4.69) is 58.7 Å². The van der Waals surface area contributed by atoms with Crippen molar-refractivity contribution in [3.63, 3.8) is 0 Å². The highest BCUT2D eigenvalue weighted by atomic mass is 35.5. The van der Waals surface area contributed by atoms with Gasteiger partial charge in [0.1, 0.15) is 5.75 Å². The number of hydrogen-bond acceptors (Lipinski definition) is 3. The molecule has 0 spiro atoms. The summed E-state index contributed by atoms with van der Waals surface area (Å²) in [6, 6.07) is 23.0. The Bertz CT molecular complexity index is 1050. The molecule has 3 unspecified atom stereocenters. The van der Waals surface area contributed by atoms with Crippen molar-refractivity contribution < 1.29 is 9.53 Å². The smallest absolute Gasteiger partial charge is 0.226 e. The zero-order chi connectivity index (χ0) is 19.8. The highest BCUT2D eigenvalue weighted by Gasteiger charge is 2.48. The summed E-state index contributed by atoms with van der Waals surface area (Å²) in [6.07, 6.45) is 0.940. The number of nitrogens with one attached hydrogen (secondary N) is 1. The Morgan fingerprint density at radius 1 is 1.00 bits per heavy atom. The van der Waals surface area contributed by atoms with Gasteiger partial charge in [0, 0.05) is 31.1 Å². The first-order chi connectivity index (χ1) is 14.3. The number of hydrogen-bond donors (Lipinski definition) is 1. The fourth-order valence-electron chi connectivity index (χ4n) is 4.79. The van der Waals surface area contributed by atoms with Gasteiger partial charge in [0.2, 0.25) is 5.91 Å². The summed E-state index contributed by atoms with van der Waals surface area (Å²) in [4.78, 5) is 15.6. The lowest BCUT2D eigenvalue weighted by Gasteiger charge is -2.37. The number of nitrogens with zero attached hydrogens (tertiary/aromatic N) is 1. The van der Waals surface area contributed by atoms with Crippen LogP contribution in [0.5, 0.6) is 5.75 Å². The molecule has 156 valence electrons. The molecule has 3 atom stereocenters. The molecular formula is C25H27ClN2O2. The zero-order valence-corrected chi connectivity index (χ0v) is 17.9. The van der Waals surface area contributed by atoms with E-state index in [4.69, 9.17) is 4.74 Å². The van der Waals surface area contributed by atoms with E-state index in [1.54, 1.807) is 7.11 Å². The number of ether oxygens (including phenoxy) is 1. The zero-order valence-electron chi connectivity index (χ0n) is 17.1. The fourth-order valence-corrected chi connectivity index (χ4v) is 4.79. The van der Waals surface area contributed by atoms with E-state index in [1.807, 2.05) is 18.2 Å². The Morgan fingerprint density at radius 2 is 1.73 bits per heavy atom. The molecule has 1 saturated heterocycles. The molecule has 1 aliphatic heterocycles. The third-order valence-electron chi connectivity index (χ3n) is 6.35. The molecule has 4 nitrogen and oxygen atoms in total. The van der Waals surface area contributed by atoms with E-state index in [0.717, 1.165) is 37.4 Å². The molecule has 0 bridgehead atoms. The number of fused-ring (bicyclic) bond motifs is 1. The van der Waals surface area contributed by atoms with Gasteiger partial charge in [-0.05, 0) is 34.7 Å². The summed E-state index contributed by atoms with van der Waals surface area (Å²) < 4.78 is 5.58. The molecule has 30 heavy (non-hydrogen) atoms. The molecule has 2 fully saturated rings. The maximum Gasteiger partial charge on any atom is 0.226 e. The van der Waals surface area contributed by atoms with Gasteiger partial charge < -0.3 is 15.0 Å². The molecule has 0 aromatic heterocycles. The summed E-state index contributed by atoms with van der Waals surface area (Å²) in [6.45, 7) is 2.33. The van der Waals surface area contributed by atoms with Gasteiger partial charge in [0.25, 0.3) is 0 Å². The SMILES string of the molecule is COc1ccccc1C1CNCCN1C(=O)C1CC1c1cccc2ccccc12.Cl. The van der Waals surface area contributed by atoms with Crippen molar-refractivity contribution in [3.05, 3.63) is 77.9 Å². The lowest BCUT2D eigenvalue weighted by atomic mass is 9.98. The second-order valence-corrected chi connectivity index (χ2v) is 8.01. The van der Waals surface area contributed by atoms with Crippen molar-refractivity contribution in [2.24, 2.45) is 5.92 Å². The van der Waals surface area contributed by atoms with Crippen LogP contribution < -0.4 is 10.1 Å². The topological polar surface area (TPSA) is 41.6 Å². The molecule has 5 heteroatoms. The molecule has 1 heterocycles. The van der Waals surface area contributed by atoms with Crippen LogP contribution >= 0.6 is 12.4 Å². The van der Waals surface area contributed by atoms with Crippen LogP contribution in [-0.2, 0) is 4.79 Å². The molecule has 1 saturated carbocycles. The summed E-state index contributed by atoms with van der Waals surface area (Å²) in [5.74, 6) is 1.53. The van der Waals surface area contributed by atoms with Crippen LogP contribution in [0.3, 0.4) is 0 Å². The Hall–Kier alpha value is -2.56. The molecule has 5 rings (SSSR count). The lowest BCUT2D eigenvalue weighted by molar-refractivity contribution is -0.136. The molecule has 1 N–H and O–H groups in total. The molecule has 2 aliphatic rings. The molecule has 3 aromatic carbocycles.